The van der Waals surface area contributed by atoms with Gasteiger partial charge in [0.05, 0.1) is 12.2 Å². The first-order valence-electron chi connectivity index (χ1n) is 6.71. The summed E-state index contributed by atoms with van der Waals surface area (Å²) in [4.78, 5) is 46.5. The highest BCUT2D eigenvalue weighted by atomic mass is 16.9. The molecule has 0 radical (unpaired) electrons. The maximum atomic E-state index is 11.9. The SMILES string of the molecule is C=CC(=O)OC(C)C(OC(=O)C=C)(OC(=O)C=C)OC(=O)C(=C)CO. The molecule has 136 valence electrons. The summed E-state index contributed by atoms with van der Waals surface area (Å²) < 4.78 is 19.3. The van der Waals surface area contributed by atoms with Gasteiger partial charge >= 0.3 is 29.9 Å². The van der Waals surface area contributed by atoms with Gasteiger partial charge < -0.3 is 24.1 Å². The van der Waals surface area contributed by atoms with Crippen LogP contribution in [0.2, 0.25) is 0 Å². The van der Waals surface area contributed by atoms with Gasteiger partial charge in [0, 0.05) is 18.2 Å². The molecule has 25 heavy (non-hydrogen) atoms. The van der Waals surface area contributed by atoms with Gasteiger partial charge in [0.1, 0.15) is 0 Å². The van der Waals surface area contributed by atoms with E-state index < -0.39 is 48.1 Å². The Morgan fingerprint density at radius 2 is 1.40 bits per heavy atom. The lowest BCUT2D eigenvalue weighted by Crippen LogP contribution is -2.53. The molecule has 1 N–H and O–H groups in total. The van der Waals surface area contributed by atoms with Gasteiger partial charge in [-0.05, 0) is 6.92 Å². The van der Waals surface area contributed by atoms with Crippen LogP contribution in [0.5, 0.6) is 0 Å². The lowest BCUT2D eigenvalue weighted by molar-refractivity contribution is -0.356. The topological polar surface area (TPSA) is 125 Å². The van der Waals surface area contributed by atoms with E-state index in [9.17, 15) is 19.2 Å². The molecule has 0 amide bonds. The standard InChI is InChI=1S/C16H18O9/c1-6-12(18)22-11(5)16(23-13(19)7-2,24-14(20)8-3)25-15(21)10(4)9-17/h6-8,11,17H,1-4,9H2,5H3. The summed E-state index contributed by atoms with van der Waals surface area (Å²) in [6.45, 7) is 13.0. The van der Waals surface area contributed by atoms with Gasteiger partial charge in [0.15, 0.2) is 0 Å². The highest BCUT2D eigenvalue weighted by molar-refractivity contribution is 5.89. The Kier molecular flexibility index (Phi) is 8.57. The molecule has 0 bridgehead atoms. The minimum absolute atomic E-state index is 0.448. The van der Waals surface area contributed by atoms with Crippen molar-refractivity contribution < 1.29 is 43.2 Å². The Morgan fingerprint density at radius 3 is 1.76 bits per heavy atom. The van der Waals surface area contributed by atoms with Crippen LogP contribution in [-0.2, 0) is 38.1 Å². The van der Waals surface area contributed by atoms with Crippen molar-refractivity contribution >= 4 is 23.9 Å². The van der Waals surface area contributed by atoms with E-state index >= 15 is 0 Å². The molecule has 9 nitrogen and oxygen atoms in total. The summed E-state index contributed by atoms with van der Waals surface area (Å²) in [5, 5.41) is 8.93. The first kappa shape index (κ1) is 21.8. The van der Waals surface area contributed by atoms with Crippen molar-refractivity contribution in [3.63, 3.8) is 0 Å². The van der Waals surface area contributed by atoms with Gasteiger partial charge in [-0.25, -0.2) is 19.2 Å². The molecule has 0 heterocycles. The van der Waals surface area contributed by atoms with Crippen LogP contribution in [0.3, 0.4) is 0 Å². The quantitative estimate of drug-likeness (QED) is 0.335. The monoisotopic (exact) mass is 354 g/mol. The molecule has 9 heteroatoms. The summed E-state index contributed by atoms with van der Waals surface area (Å²) in [5.41, 5.74) is -0.448. The predicted octanol–water partition coefficient (Wildman–Crippen LogP) is 0.308. The largest absolute Gasteiger partial charge is 0.463 e. The van der Waals surface area contributed by atoms with E-state index in [0.29, 0.717) is 12.2 Å². The molecular weight excluding hydrogens is 336 g/mol. The Hall–Kier alpha value is -3.20. The number of ether oxygens (including phenoxy) is 4. The second-order valence-electron chi connectivity index (χ2n) is 4.29. The third-order valence-electron chi connectivity index (χ3n) is 2.49. The van der Waals surface area contributed by atoms with Crippen molar-refractivity contribution in [3.05, 3.63) is 50.1 Å². The second-order valence-corrected chi connectivity index (χ2v) is 4.29. The van der Waals surface area contributed by atoms with E-state index in [1.807, 2.05) is 0 Å². The molecular formula is C16H18O9. The number of carbonyl (C=O) groups excluding carboxylic acids is 4. The fourth-order valence-corrected chi connectivity index (χ4v) is 1.24. The van der Waals surface area contributed by atoms with Crippen molar-refractivity contribution in [2.45, 2.75) is 19.0 Å². The third kappa shape index (κ3) is 6.43. The number of hydrogen-bond donors (Lipinski definition) is 1. The molecule has 0 rings (SSSR count). The molecule has 0 aliphatic heterocycles. The zero-order valence-corrected chi connectivity index (χ0v) is 13.6. The number of esters is 4. The Bertz CT molecular complexity index is 581. The number of rotatable bonds is 10. The molecule has 0 aromatic heterocycles. The van der Waals surface area contributed by atoms with Crippen LogP contribution in [-0.4, -0.2) is 47.7 Å². The minimum Gasteiger partial charge on any atom is -0.447 e. The predicted molar refractivity (Wildman–Crippen MR) is 83.4 cm³/mol. The van der Waals surface area contributed by atoms with Gasteiger partial charge in [-0.1, -0.05) is 26.3 Å². The lowest BCUT2D eigenvalue weighted by Gasteiger charge is -2.34. The minimum atomic E-state index is -2.82. The summed E-state index contributed by atoms with van der Waals surface area (Å²) in [6.07, 6.45) is 0.530. The van der Waals surface area contributed by atoms with Gasteiger partial charge in [-0.3, -0.25) is 0 Å². The molecule has 0 saturated carbocycles. The van der Waals surface area contributed by atoms with Gasteiger partial charge in [0.2, 0.25) is 6.10 Å². The molecule has 0 aliphatic rings. The van der Waals surface area contributed by atoms with Crippen LogP contribution >= 0.6 is 0 Å². The van der Waals surface area contributed by atoms with Crippen LogP contribution in [0.1, 0.15) is 6.92 Å². The first-order chi connectivity index (χ1) is 11.6. The van der Waals surface area contributed by atoms with E-state index in [-0.39, 0.29) is 0 Å². The summed E-state index contributed by atoms with van der Waals surface area (Å²) in [5.74, 6) is -7.41. The average Bonchev–Trinajstić information content (AvgIpc) is 2.59. The van der Waals surface area contributed by atoms with E-state index in [4.69, 9.17) is 24.1 Å². The number of hydrogen-bond acceptors (Lipinski definition) is 9. The van der Waals surface area contributed by atoms with Crippen molar-refractivity contribution in [2.24, 2.45) is 0 Å². The molecule has 1 atom stereocenters. The van der Waals surface area contributed by atoms with Crippen LogP contribution in [0.25, 0.3) is 0 Å². The number of aliphatic hydroxyl groups is 1. The molecule has 0 spiro atoms. The summed E-state index contributed by atoms with van der Waals surface area (Å²) in [6, 6.07) is 0. The van der Waals surface area contributed by atoms with Crippen LogP contribution in [0.15, 0.2) is 50.1 Å². The third-order valence-corrected chi connectivity index (χ3v) is 2.49. The smallest absolute Gasteiger partial charge is 0.447 e. The number of aliphatic hydroxyl groups excluding tert-OH is 1. The highest BCUT2D eigenvalue weighted by Crippen LogP contribution is 2.26. The normalized spacial score (nSPS) is 11.3. The fraction of sp³-hybridized carbons (Fsp3) is 0.250. The van der Waals surface area contributed by atoms with Crippen molar-refractivity contribution in [1.82, 2.24) is 0 Å². The Balaban J connectivity index is 5.99. The van der Waals surface area contributed by atoms with Crippen molar-refractivity contribution in [3.8, 4) is 0 Å². The van der Waals surface area contributed by atoms with Crippen LogP contribution in [0.4, 0.5) is 0 Å². The molecule has 0 saturated heterocycles. The number of carbonyl (C=O) groups is 4. The molecule has 0 fully saturated rings. The molecule has 1 unspecified atom stereocenters. The summed E-state index contributed by atoms with van der Waals surface area (Å²) in [7, 11) is 0. The fourth-order valence-electron chi connectivity index (χ4n) is 1.24. The second kappa shape index (κ2) is 9.83. The molecule has 0 aromatic carbocycles. The van der Waals surface area contributed by atoms with Crippen LogP contribution in [0, 0.1) is 0 Å². The van der Waals surface area contributed by atoms with Crippen molar-refractivity contribution in [1.29, 1.82) is 0 Å². The van der Waals surface area contributed by atoms with E-state index in [1.54, 1.807) is 0 Å². The maximum Gasteiger partial charge on any atom is 0.463 e. The van der Waals surface area contributed by atoms with E-state index in [2.05, 4.69) is 26.3 Å². The summed E-state index contributed by atoms with van der Waals surface area (Å²) >= 11 is 0. The molecule has 0 aromatic rings. The molecule has 0 aliphatic carbocycles. The maximum absolute atomic E-state index is 11.9. The first-order valence-corrected chi connectivity index (χ1v) is 6.71. The zero-order valence-electron chi connectivity index (χ0n) is 13.6. The van der Waals surface area contributed by atoms with Crippen LogP contribution < -0.4 is 0 Å². The zero-order chi connectivity index (χ0) is 19.6. The van der Waals surface area contributed by atoms with Gasteiger partial charge in [-0.15, -0.1) is 0 Å². The van der Waals surface area contributed by atoms with E-state index in [0.717, 1.165) is 13.0 Å². The van der Waals surface area contributed by atoms with E-state index in [1.165, 1.54) is 0 Å². The van der Waals surface area contributed by atoms with Crippen molar-refractivity contribution in [2.75, 3.05) is 6.61 Å². The average molecular weight is 354 g/mol. The highest BCUT2D eigenvalue weighted by Gasteiger charge is 2.51. The lowest BCUT2D eigenvalue weighted by atomic mass is 10.3. The Morgan fingerprint density at radius 1 is 0.960 bits per heavy atom. The van der Waals surface area contributed by atoms with Gasteiger partial charge in [-0.2, -0.15) is 0 Å². The van der Waals surface area contributed by atoms with Gasteiger partial charge in [0.25, 0.3) is 0 Å². The Labute approximate surface area is 143 Å².